The summed E-state index contributed by atoms with van der Waals surface area (Å²) in [5, 5.41) is 6.57. The number of piperidine rings is 2. The molecule has 1 saturated carbocycles. The third-order valence-corrected chi connectivity index (χ3v) is 7.69. The minimum atomic E-state index is 0.379. The quantitative estimate of drug-likeness (QED) is 0.631. The highest BCUT2D eigenvalue weighted by molar-refractivity contribution is 7.20. The molecule has 2 aromatic heterocycles. The summed E-state index contributed by atoms with van der Waals surface area (Å²) in [5.74, 6) is 0.938. The highest BCUT2D eigenvalue weighted by atomic mass is 35.5. The highest BCUT2D eigenvalue weighted by Crippen LogP contribution is 2.40. The van der Waals surface area contributed by atoms with Crippen molar-refractivity contribution in [2.45, 2.75) is 44.2 Å². The van der Waals surface area contributed by atoms with Crippen LogP contribution in [0.5, 0.6) is 0 Å². The van der Waals surface area contributed by atoms with Crippen molar-refractivity contribution in [1.29, 1.82) is 0 Å². The molecule has 8 heteroatoms. The van der Waals surface area contributed by atoms with Crippen molar-refractivity contribution < 1.29 is 4.79 Å². The Bertz CT molecular complexity index is 1040. The van der Waals surface area contributed by atoms with Gasteiger partial charge in [-0.15, -0.1) is 5.10 Å². The van der Waals surface area contributed by atoms with E-state index in [9.17, 15) is 4.79 Å². The minimum Gasteiger partial charge on any atom is -0.346 e. The second-order valence-electron chi connectivity index (χ2n) is 8.38. The zero-order valence-electron chi connectivity index (χ0n) is 16.0. The van der Waals surface area contributed by atoms with E-state index in [1.165, 1.54) is 12.8 Å². The molecule has 3 aromatic rings. The summed E-state index contributed by atoms with van der Waals surface area (Å²) in [6, 6.07) is 8.68. The summed E-state index contributed by atoms with van der Waals surface area (Å²) in [6.45, 7) is 1.94. The molecule has 1 aliphatic carbocycles. The zero-order chi connectivity index (χ0) is 19.5. The lowest BCUT2D eigenvalue weighted by Crippen LogP contribution is -2.56. The van der Waals surface area contributed by atoms with Gasteiger partial charge in [0, 0.05) is 42.2 Å². The van der Waals surface area contributed by atoms with Gasteiger partial charge in [-0.2, -0.15) is 0 Å². The molecular formula is C21H22ClN5OS. The maximum atomic E-state index is 12.4. The van der Waals surface area contributed by atoms with E-state index in [-0.39, 0.29) is 0 Å². The zero-order valence-corrected chi connectivity index (χ0v) is 17.6. The van der Waals surface area contributed by atoms with Gasteiger partial charge in [0.15, 0.2) is 0 Å². The molecule has 2 aliphatic heterocycles. The topological polar surface area (TPSA) is 53.7 Å². The number of fused-ring (bicyclic) bond motifs is 2. The molecule has 0 spiro atoms. The van der Waals surface area contributed by atoms with Crippen LogP contribution in [0.15, 0.2) is 30.5 Å². The van der Waals surface area contributed by atoms with E-state index in [1.807, 2.05) is 35.0 Å². The smallest absolute Gasteiger partial charge is 0.223 e. The molecule has 0 radical (unpaired) electrons. The summed E-state index contributed by atoms with van der Waals surface area (Å²) in [7, 11) is 0. The lowest BCUT2D eigenvalue weighted by Gasteiger charge is -2.47. The molecule has 6 rings (SSSR count). The van der Waals surface area contributed by atoms with Gasteiger partial charge in [0.05, 0.1) is 11.9 Å². The molecule has 0 N–H and O–H groups in total. The number of hydrogen-bond donors (Lipinski definition) is 0. The molecule has 6 nitrogen and oxygen atoms in total. The van der Waals surface area contributed by atoms with E-state index in [4.69, 9.17) is 21.7 Å². The molecule has 2 unspecified atom stereocenters. The lowest BCUT2D eigenvalue weighted by molar-refractivity contribution is -0.140. The van der Waals surface area contributed by atoms with Crippen LogP contribution in [0.3, 0.4) is 0 Å². The molecule has 3 aliphatic rings. The monoisotopic (exact) mass is 427 g/mol. The van der Waals surface area contributed by atoms with Crippen LogP contribution in [0.2, 0.25) is 5.02 Å². The SMILES string of the molecule is O=C1CCC2CN(c3nn4cc(-c5ccc(Cl)cc5)nc4s3)CCC2N1C1CC1. The van der Waals surface area contributed by atoms with Gasteiger partial charge >= 0.3 is 0 Å². The number of halogens is 1. The number of carbonyl (C=O) groups excluding carboxylic acids is 1. The van der Waals surface area contributed by atoms with Gasteiger partial charge in [-0.05, 0) is 43.7 Å². The fourth-order valence-electron chi connectivity index (χ4n) is 4.87. The number of imidazole rings is 1. The lowest BCUT2D eigenvalue weighted by atomic mass is 9.83. The molecule has 4 heterocycles. The Balaban J connectivity index is 1.21. The van der Waals surface area contributed by atoms with Gasteiger partial charge in [0.25, 0.3) is 0 Å². The molecule has 0 bridgehead atoms. The van der Waals surface area contributed by atoms with Crippen LogP contribution < -0.4 is 4.90 Å². The summed E-state index contributed by atoms with van der Waals surface area (Å²) < 4.78 is 1.89. The molecule has 29 heavy (non-hydrogen) atoms. The van der Waals surface area contributed by atoms with E-state index in [0.717, 1.165) is 52.3 Å². The summed E-state index contributed by atoms with van der Waals surface area (Å²) in [5.41, 5.74) is 1.96. The first-order chi connectivity index (χ1) is 14.2. The largest absolute Gasteiger partial charge is 0.346 e. The summed E-state index contributed by atoms with van der Waals surface area (Å²) >= 11 is 7.63. The highest BCUT2D eigenvalue weighted by Gasteiger charge is 2.45. The van der Waals surface area contributed by atoms with E-state index < -0.39 is 0 Å². The second-order valence-corrected chi connectivity index (χ2v) is 9.75. The van der Waals surface area contributed by atoms with Crippen molar-refractivity contribution in [1.82, 2.24) is 19.5 Å². The Labute approximate surface area is 178 Å². The van der Waals surface area contributed by atoms with Crippen LogP contribution in [-0.2, 0) is 4.79 Å². The van der Waals surface area contributed by atoms with Crippen molar-refractivity contribution in [2.75, 3.05) is 18.0 Å². The molecule has 1 aromatic carbocycles. The Morgan fingerprint density at radius 3 is 2.69 bits per heavy atom. The average Bonchev–Trinajstić information content (AvgIpc) is 3.36. The van der Waals surface area contributed by atoms with Gasteiger partial charge in [0.2, 0.25) is 16.0 Å². The Hall–Kier alpha value is -2.12. The first-order valence-electron chi connectivity index (χ1n) is 10.3. The van der Waals surface area contributed by atoms with Crippen molar-refractivity contribution in [2.24, 2.45) is 5.92 Å². The first kappa shape index (κ1) is 17.7. The van der Waals surface area contributed by atoms with Crippen LogP contribution in [-0.4, -0.2) is 50.6 Å². The fourth-order valence-corrected chi connectivity index (χ4v) is 5.91. The normalized spacial score (nSPS) is 24.9. The third kappa shape index (κ3) is 3.11. The number of aromatic nitrogens is 3. The summed E-state index contributed by atoms with van der Waals surface area (Å²) in [6.07, 6.45) is 7.13. The Morgan fingerprint density at radius 2 is 1.93 bits per heavy atom. The van der Waals surface area contributed by atoms with Crippen molar-refractivity contribution >= 4 is 38.9 Å². The van der Waals surface area contributed by atoms with Crippen LogP contribution in [0, 0.1) is 5.92 Å². The fraction of sp³-hybridized carbons (Fsp3) is 0.476. The van der Waals surface area contributed by atoms with Gasteiger partial charge in [-0.25, -0.2) is 9.50 Å². The van der Waals surface area contributed by atoms with Gasteiger partial charge in [-0.1, -0.05) is 35.1 Å². The Morgan fingerprint density at radius 1 is 1.10 bits per heavy atom. The predicted octanol–water partition coefficient (Wildman–Crippen LogP) is 4.09. The van der Waals surface area contributed by atoms with Gasteiger partial charge < -0.3 is 9.80 Å². The molecule has 3 fully saturated rings. The molecular weight excluding hydrogens is 406 g/mol. The number of rotatable bonds is 3. The standard InChI is InChI=1S/C21H22ClN5OS/c22-15-4-1-13(2-5-15)17-12-26-20(23-17)29-21(24-26)25-10-9-18-14(11-25)3-8-19(28)27(18)16-6-7-16/h1-2,4-5,12,14,16,18H,3,6-11H2. The molecule has 2 atom stereocenters. The second kappa shape index (κ2) is 6.71. The number of hydrogen-bond acceptors (Lipinski definition) is 5. The van der Waals surface area contributed by atoms with Crippen LogP contribution in [0.4, 0.5) is 5.13 Å². The first-order valence-corrected chi connectivity index (χ1v) is 11.5. The number of nitrogens with zero attached hydrogens (tertiary/aromatic N) is 5. The minimum absolute atomic E-state index is 0.379. The predicted molar refractivity (Wildman–Crippen MR) is 115 cm³/mol. The number of likely N-dealkylation sites (tertiary alicyclic amines) is 1. The van der Waals surface area contributed by atoms with Crippen LogP contribution in [0.1, 0.15) is 32.1 Å². The molecule has 150 valence electrons. The van der Waals surface area contributed by atoms with Crippen molar-refractivity contribution in [3.05, 3.63) is 35.5 Å². The number of carbonyl (C=O) groups is 1. The molecule has 1 amide bonds. The maximum Gasteiger partial charge on any atom is 0.223 e. The van der Waals surface area contributed by atoms with Gasteiger partial charge in [-0.3, -0.25) is 4.79 Å². The molecule has 2 saturated heterocycles. The summed E-state index contributed by atoms with van der Waals surface area (Å²) in [4.78, 5) is 22.7. The van der Waals surface area contributed by atoms with Crippen LogP contribution in [0.25, 0.3) is 16.2 Å². The van der Waals surface area contributed by atoms with Crippen LogP contribution >= 0.6 is 22.9 Å². The van der Waals surface area contributed by atoms with Crippen molar-refractivity contribution in [3.63, 3.8) is 0 Å². The number of anilines is 1. The average molecular weight is 428 g/mol. The van der Waals surface area contributed by atoms with Crippen molar-refractivity contribution in [3.8, 4) is 11.3 Å². The van der Waals surface area contributed by atoms with E-state index in [1.54, 1.807) is 11.3 Å². The third-order valence-electron chi connectivity index (χ3n) is 6.45. The number of amides is 1. The van der Waals surface area contributed by atoms with E-state index >= 15 is 0 Å². The maximum absolute atomic E-state index is 12.4. The Kier molecular flexibility index (Phi) is 4.10. The van der Waals surface area contributed by atoms with Gasteiger partial charge in [0.1, 0.15) is 0 Å². The number of benzene rings is 1. The van der Waals surface area contributed by atoms with E-state index in [0.29, 0.717) is 30.3 Å². The van der Waals surface area contributed by atoms with E-state index in [2.05, 4.69) is 9.80 Å².